The molecule has 1 N–H and O–H groups in total. The summed E-state index contributed by atoms with van der Waals surface area (Å²) in [5.74, 6) is -0.533. The zero-order valence-corrected chi connectivity index (χ0v) is 16.5. The third-order valence-electron chi connectivity index (χ3n) is 6.12. The molecule has 0 bridgehead atoms. The van der Waals surface area contributed by atoms with E-state index in [0.717, 1.165) is 22.6 Å². The van der Waals surface area contributed by atoms with Crippen LogP contribution in [0.4, 0.5) is 0 Å². The largest absolute Gasteiger partial charge is 0.482 e. The van der Waals surface area contributed by atoms with Crippen molar-refractivity contribution >= 4 is 11.9 Å². The molecule has 7 nitrogen and oxygen atoms in total. The van der Waals surface area contributed by atoms with E-state index in [1.54, 1.807) is 23.1 Å². The number of para-hydroxylation sites is 1. The lowest BCUT2D eigenvalue weighted by Crippen LogP contribution is -2.49. The van der Waals surface area contributed by atoms with Gasteiger partial charge in [-0.05, 0) is 24.3 Å². The summed E-state index contributed by atoms with van der Waals surface area (Å²) >= 11 is 0. The first-order chi connectivity index (χ1) is 14.5. The molecule has 0 aliphatic carbocycles. The van der Waals surface area contributed by atoms with E-state index in [4.69, 9.17) is 4.74 Å². The van der Waals surface area contributed by atoms with Gasteiger partial charge in [0, 0.05) is 44.1 Å². The summed E-state index contributed by atoms with van der Waals surface area (Å²) < 4.78 is 8.38. The number of nitrogens with zero attached hydrogens (tertiary/aromatic N) is 3. The molecule has 0 saturated carbocycles. The number of carbonyl (C=O) groups is 2. The number of aromatic carboxylic acids is 1. The van der Waals surface area contributed by atoms with Crippen LogP contribution in [0.2, 0.25) is 0 Å². The molecule has 30 heavy (non-hydrogen) atoms. The molecule has 2 aromatic carbocycles. The predicted molar refractivity (Wildman–Crippen MR) is 109 cm³/mol. The molecule has 0 atom stereocenters. The van der Waals surface area contributed by atoms with Gasteiger partial charge in [-0.3, -0.25) is 9.48 Å². The molecular weight excluding hydrogens is 382 g/mol. The van der Waals surface area contributed by atoms with Crippen molar-refractivity contribution in [1.29, 1.82) is 0 Å². The van der Waals surface area contributed by atoms with Gasteiger partial charge in [0.25, 0.3) is 5.91 Å². The molecular formula is C23H21N3O4. The second kappa shape index (κ2) is 6.73. The van der Waals surface area contributed by atoms with Gasteiger partial charge in [-0.2, -0.15) is 5.10 Å². The topological polar surface area (TPSA) is 84.7 Å². The van der Waals surface area contributed by atoms with Gasteiger partial charge in [0.15, 0.2) is 0 Å². The summed E-state index contributed by atoms with van der Waals surface area (Å²) in [7, 11) is 1.93. The third-order valence-corrected chi connectivity index (χ3v) is 6.12. The number of benzene rings is 2. The number of piperidine rings is 1. The second-order valence-corrected chi connectivity index (χ2v) is 7.77. The van der Waals surface area contributed by atoms with Crippen LogP contribution in [0, 0.1) is 0 Å². The van der Waals surface area contributed by atoms with E-state index >= 15 is 0 Å². The van der Waals surface area contributed by atoms with E-state index in [9.17, 15) is 14.7 Å². The number of rotatable bonds is 2. The van der Waals surface area contributed by atoms with Crippen LogP contribution < -0.4 is 4.74 Å². The van der Waals surface area contributed by atoms with Gasteiger partial charge in [-0.25, -0.2) is 4.79 Å². The highest BCUT2D eigenvalue weighted by molar-refractivity contribution is 6.04. The maximum Gasteiger partial charge on any atom is 0.336 e. The maximum absolute atomic E-state index is 13.0. The van der Waals surface area contributed by atoms with Crippen molar-refractivity contribution in [2.24, 2.45) is 7.05 Å². The van der Waals surface area contributed by atoms with Crippen molar-refractivity contribution < 1.29 is 19.4 Å². The molecule has 1 fully saturated rings. The van der Waals surface area contributed by atoms with Gasteiger partial charge < -0.3 is 14.7 Å². The summed E-state index contributed by atoms with van der Waals surface area (Å²) in [5, 5.41) is 13.9. The fraction of sp³-hybridized carbons (Fsp3) is 0.261. The molecule has 3 aromatic rings. The van der Waals surface area contributed by atoms with Crippen molar-refractivity contribution in [1.82, 2.24) is 14.7 Å². The molecule has 0 radical (unpaired) electrons. The van der Waals surface area contributed by atoms with Crippen LogP contribution in [-0.2, 0) is 12.6 Å². The van der Waals surface area contributed by atoms with Crippen LogP contribution in [0.5, 0.6) is 5.75 Å². The Morgan fingerprint density at radius 2 is 1.70 bits per heavy atom. The summed E-state index contributed by atoms with van der Waals surface area (Å²) in [6.45, 7) is 0.951. The number of aromatic nitrogens is 2. The Kier molecular flexibility index (Phi) is 4.13. The molecule has 2 aliphatic heterocycles. The summed E-state index contributed by atoms with van der Waals surface area (Å²) in [6.07, 6.45) is 3.09. The first-order valence-electron chi connectivity index (χ1n) is 9.93. The van der Waals surface area contributed by atoms with E-state index in [-0.39, 0.29) is 17.0 Å². The standard InChI is InChI=1S/C23H21N3O4/c1-25-20-17-8-4-5-9-19(17)30-23(18(20)14-24-25)10-12-26(13-11-23)21(27)15-6-2-3-7-16(15)22(28)29/h2-9,14H,10-13H2,1H3,(H,28,29). The van der Waals surface area contributed by atoms with Gasteiger partial charge in [-0.1, -0.05) is 24.3 Å². The molecule has 3 heterocycles. The smallest absolute Gasteiger partial charge is 0.336 e. The Morgan fingerprint density at radius 3 is 2.43 bits per heavy atom. The second-order valence-electron chi connectivity index (χ2n) is 7.77. The van der Waals surface area contributed by atoms with Crippen LogP contribution >= 0.6 is 0 Å². The van der Waals surface area contributed by atoms with Gasteiger partial charge in [0.1, 0.15) is 11.4 Å². The molecule has 152 valence electrons. The lowest BCUT2D eigenvalue weighted by Gasteiger charge is -2.44. The molecule has 2 aliphatic rings. The first kappa shape index (κ1) is 18.4. The lowest BCUT2D eigenvalue weighted by atomic mass is 9.81. The van der Waals surface area contributed by atoms with Crippen LogP contribution in [0.1, 0.15) is 39.1 Å². The van der Waals surface area contributed by atoms with Gasteiger partial charge in [0.2, 0.25) is 0 Å². The number of fused-ring (bicyclic) bond motifs is 4. The number of carbonyl (C=O) groups excluding carboxylic acids is 1. The number of carboxylic acid groups (broad SMARTS) is 1. The van der Waals surface area contributed by atoms with Crippen molar-refractivity contribution in [3.63, 3.8) is 0 Å². The highest BCUT2D eigenvalue weighted by atomic mass is 16.5. The van der Waals surface area contributed by atoms with Gasteiger partial charge in [-0.15, -0.1) is 0 Å². The van der Waals surface area contributed by atoms with Crippen LogP contribution in [0.25, 0.3) is 11.3 Å². The highest BCUT2D eigenvalue weighted by Gasteiger charge is 2.46. The molecule has 7 heteroatoms. The minimum Gasteiger partial charge on any atom is -0.482 e. The SMILES string of the molecule is Cn1ncc2c1-c1ccccc1OC21CCN(C(=O)c2ccccc2C(=O)O)CC1. The molecule has 1 saturated heterocycles. The van der Waals surface area contributed by atoms with Crippen molar-refractivity contribution in [2.75, 3.05) is 13.1 Å². The summed E-state index contributed by atoms with van der Waals surface area (Å²) in [5.41, 5.74) is 2.82. The number of hydrogen-bond acceptors (Lipinski definition) is 4. The fourth-order valence-electron chi connectivity index (χ4n) is 4.58. The number of likely N-dealkylation sites (tertiary alicyclic amines) is 1. The Hall–Kier alpha value is -3.61. The van der Waals surface area contributed by atoms with Gasteiger partial charge >= 0.3 is 5.97 Å². The average Bonchev–Trinajstić information content (AvgIpc) is 3.17. The number of ether oxygens (including phenoxy) is 1. The van der Waals surface area contributed by atoms with Crippen LogP contribution in [-0.4, -0.2) is 44.8 Å². The van der Waals surface area contributed by atoms with Crippen LogP contribution in [0.3, 0.4) is 0 Å². The number of hydrogen-bond donors (Lipinski definition) is 1. The van der Waals surface area contributed by atoms with Gasteiger partial charge in [0.05, 0.1) is 23.0 Å². The minimum atomic E-state index is -1.10. The van der Waals surface area contributed by atoms with Crippen molar-refractivity contribution in [3.05, 3.63) is 71.4 Å². The monoisotopic (exact) mass is 403 g/mol. The number of aryl methyl sites for hydroxylation is 1. The zero-order valence-electron chi connectivity index (χ0n) is 16.5. The van der Waals surface area contributed by atoms with Crippen molar-refractivity contribution in [2.45, 2.75) is 18.4 Å². The fourth-order valence-corrected chi connectivity index (χ4v) is 4.58. The molecule has 0 unspecified atom stereocenters. The Balaban J connectivity index is 1.44. The molecule has 1 aromatic heterocycles. The molecule has 1 amide bonds. The number of carboxylic acids is 1. The minimum absolute atomic E-state index is 0.0279. The lowest BCUT2D eigenvalue weighted by molar-refractivity contribution is -0.00181. The molecule has 1 spiro atoms. The Labute approximate surface area is 173 Å². The summed E-state index contributed by atoms with van der Waals surface area (Å²) in [4.78, 5) is 26.3. The Morgan fingerprint density at radius 1 is 1.03 bits per heavy atom. The van der Waals surface area contributed by atoms with Crippen molar-refractivity contribution in [3.8, 4) is 17.0 Å². The number of amides is 1. The zero-order chi connectivity index (χ0) is 20.9. The van der Waals surface area contributed by atoms with E-state index < -0.39 is 11.6 Å². The summed E-state index contributed by atoms with van der Waals surface area (Å²) in [6, 6.07) is 14.3. The quantitative estimate of drug-likeness (QED) is 0.710. The average molecular weight is 403 g/mol. The third kappa shape index (κ3) is 2.69. The predicted octanol–water partition coefficient (Wildman–Crippen LogP) is 3.31. The van der Waals surface area contributed by atoms with E-state index in [1.807, 2.05) is 42.2 Å². The first-order valence-corrected chi connectivity index (χ1v) is 9.93. The van der Waals surface area contributed by atoms with E-state index in [2.05, 4.69) is 5.10 Å². The molecule has 5 rings (SSSR count). The normalized spacial score (nSPS) is 16.5. The maximum atomic E-state index is 13.0. The highest BCUT2D eigenvalue weighted by Crippen LogP contribution is 2.49. The Bertz CT molecular complexity index is 1160. The van der Waals surface area contributed by atoms with E-state index in [0.29, 0.717) is 25.9 Å². The van der Waals surface area contributed by atoms with E-state index in [1.165, 1.54) is 6.07 Å². The van der Waals surface area contributed by atoms with Crippen LogP contribution in [0.15, 0.2) is 54.7 Å².